The van der Waals surface area contributed by atoms with Gasteiger partial charge in [0, 0.05) is 14.6 Å². The first-order valence-corrected chi connectivity index (χ1v) is 8.35. The van der Waals surface area contributed by atoms with E-state index in [1.54, 1.807) is 0 Å². The van der Waals surface area contributed by atoms with Crippen LogP contribution in [0.1, 0.15) is 32.1 Å². The summed E-state index contributed by atoms with van der Waals surface area (Å²) in [5.41, 5.74) is 0. The van der Waals surface area contributed by atoms with E-state index in [4.69, 9.17) is 0 Å². The molecular formula is C16H17BrS. The summed E-state index contributed by atoms with van der Waals surface area (Å²) in [5, 5.41) is 3.49. The van der Waals surface area contributed by atoms with Crippen LogP contribution in [-0.2, 0) is 0 Å². The van der Waals surface area contributed by atoms with Crippen LogP contribution in [0.25, 0.3) is 10.8 Å². The summed E-state index contributed by atoms with van der Waals surface area (Å²) in [6, 6.07) is 13.3. The fourth-order valence-corrected chi connectivity index (χ4v) is 4.48. The molecule has 0 spiro atoms. The number of hydrogen-bond donors (Lipinski definition) is 0. The summed E-state index contributed by atoms with van der Waals surface area (Å²) in [5.74, 6) is 0. The summed E-state index contributed by atoms with van der Waals surface area (Å²) in [6.45, 7) is 0. The summed E-state index contributed by atoms with van der Waals surface area (Å²) in [4.78, 5) is 1.42. The van der Waals surface area contributed by atoms with Gasteiger partial charge in [0.05, 0.1) is 0 Å². The first kappa shape index (κ1) is 12.6. The van der Waals surface area contributed by atoms with Gasteiger partial charge in [-0.15, -0.1) is 11.8 Å². The number of hydrogen-bond acceptors (Lipinski definition) is 1. The summed E-state index contributed by atoms with van der Waals surface area (Å²) in [7, 11) is 0. The van der Waals surface area contributed by atoms with E-state index in [2.05, 4.69) is 64.1 Å². The molecule has 18 heavy (non-hydrogen) atoms. The van der Waals surface area contributed by atoms with Crippen LogP contribution in [0, 0.1) is 0 Å². The average Bonchev–Trinajstić information content (AvgIpc) is 2.40. The highest BCUT2D eigenvalue weighted by atomic mass is 79.9. The third-order valence-corrected chi connectivity index (χ3v) is 5.68. The van der Waals surface area contributed by atoms with Crippen LogP contribution >= 0.6 is 27.7 Å². The van der Waals surface area contributed by atoms with E-state index in [0.717, 1.165) is 5.25 Å². The van der Waals surface area contributed by atoms with Crippen molar-refractivity contribution in [2.24, 2.45) is 0 Å². The number of rotatable bonds is 2. The lowest BCUT2D eigenvalue weighted by Gasteiger charge is -2.21. The van der Waals surface area contributed by atoms with E-state index in [1.807, 2.05) is 0 Å². The second kappa shape index (κ2) is 5.66. The van der Waals surface area contributed by atoms with Crippen molar-refractivity contribution < 1.29 is 0 Å². The Morgan fingerprint density at radius 3 is 2.67 bits per heavy atom. The van der Waals surface area contributed by atoms with E-state index in [1.165, 1.54) is 52.2 Å². The van der Waals surface area contributed by atoms with Crippen molar-refractivity contribution in [3.63, 3.8) is 0 Å². The predicted octanol–water partition coefficient (Wildman–Crippen LogP) is 6.03. The van der Waals surface area contributed by atoms with Crippen LogP contribution in [0.5, 0.6) is 0 Å². The largest absolute Gasteiger partial charge is 0.123 e. The maximum atomic E-state index is 3.61. The second-order valence-electron chi connectivity index (χ2n) is 5.00. The molecule has 0 aromatic heterocycles. The summed E-state index contributed by atoms with van der Waals surface area (Å²) >= 11 is 5.68. The number of halogens is 1. The van der Waals surface area contributed by atoms with Gasteiger partial charge in [0.25, 0.3) is 0 Å². The quantitative estimate of drug-likeness (QED) is 0.651. The van der Waals surface area contributed by atoms with E-state index in [-0.39, 0.29) is 0 Å². The minimum atomic E-state index is 0.836. The molecule has 2 aromatic rings. The fraction of sp³-hybridized carbons (Fsp3) is 0.375. The van der Waals surface area contributed by atoms with Crippen LogP contribution in [0.4, 0.5) is 0 Å². The Hall–Kier alpha value is -0.470. The molecule has 0 unspecified atom stereocenters. The van der Waals surface area contributed by atoms with Gasteiger partial charge in [0.15, 0.2) is 0 Å². The lowest BCUT2D eigenvalue weighted by Crippen LogP contribution is -2.07. The Labute approximate surface area is 121 Å². The highest BCUT2D eigenvalue weighted by Gasteiger charge is 2.14. The van der Waals surface area contributed by atoms with Gasteiger partial charge in [-0.1, -0.05) is 53.4 Å². The molecule has 0 bridgehead atoms. The summed E-state index contributed by atoms with van der Waals surface area (Å²) < 4.78 is 1.19. The van der Waals surface area contributed by atoms with Gasteiger partial charge >= 0.3 is 0 Å². The monoisotopic (exact) mass is 320 g/mol. The highest BCUT2D eigenvalue weighted by molar-refractivity contribution is 9.10. The molecule has 0 atom stereocenters. The Kier molecular flexibility index (Phi) is 3.95. The molecule has 94 valence electrons. The second-order valence-corrected chi connectivity index (χ2v) is 7.23. The van der Waals surface area contributed by atoms with Crippen molar-refractivity contribution in [1.82, 2.24) is 0 Å². The van der Waals surface area contributed by atoms with Gasteiger partial charge in [0.1, 0.15) is 0 Å². The third kappa shape index (κ3) is 2.75. The zero-order chi connectivity index (χ0) is 12.4. The molecule has 1 saturated carbocycles. The molecule has 0 saturated heterocycles. The van der Waals surface area contributed by atoms with E-state index in [9.17, 15) is 0 Å². The Morgan fingerprint density at radius 2 is 1.83 bits per heavy atom. The van der Waals surface area contributed by atoms with Crippen molar-refractivity contribution in [2.75, 3.05) is 0 Å². The maximum Gasteiger partial charge on any atom is 0.0253 e. The fourth-order valence-electron chi connectivity index (χ4n) is 2.67. The molecule has 3 rings (SSSR count). The van der Waals surface area contributed by atoms with Crippen LogP contribution in [0.15, 0.2) is 45.8 Å². The minimum absolute atomic E-state index is 0.836. The molecule has 0 aliphatic heterocycles. The first-order valence-electron chi connectivity index (χ1n) is 6.68. The van der Waals surface area contributed by atoms with Gasteiger partial charge in [-0.05, 0) is 41.8 Å². The third-order valence-electron chi connectivity index (χ3n) is 3.65. The molecule has 1 fully saturated rings. The standard InChI is InChI=1S/C16H17BrS/c17-16-8-4-5-12-11-14(9-10-15(12)16)18-13-6-2-1-3-7-13/h4-5,8-11,13H,1-3,6-7H2. The van der Waals surface area contributed by atoms with Crippen LogP contribution in [-0.4, -0.2) is 5.25 Å². The highest BCUT2D eigenvalue weighted by Crippen LogP contribution is 2.35. The molecule has 0 N–H and O–H groups in total. The van der Waals surface area contributed by atoms with Crippen LogP contribution in [0.2, 0.25) is 0 Å². The van der Waals surface area contributed by atoms with Gasteiger partial charge < -0.3 is 0 Å². The van der Waals surface area contributed by atoms with E-state index < -0.39 is 0 Å². The number of thioether (sulfide) groups is 1. The normalized spacial score (nSPS) is 17.2. The lowest BCUT2D eigenvalue weighted by molar-refractivity contribution is 0.516. The molecule has 0 heterocycles. The van der Waals surface area contributed by atoms with Crippen molar-refractivity contribution >= 4 is 38.5 Å². The van der Waals surface area contributed by atoms with Crippen molar-refractivity contribution in [3.05, 3.63) is 40.9 Å². The zero-order valence-corrected chi connectivity index (χ0v) is 12.8. The molecule has 2 aromatic carbocycles. The lowest BCUT2D eigenvalue weighted by atomic mass is 10.0. The minimum Gasteiger partial charge on any atom is -0.123 e. The molecular weight excluding hydrogens is 304 g/mol. The maximum absolute atomic E-state index is 3.61. The van der Waals surface area contributed by atoms with Gasteiger partial charge in [-0.3, -0.25) is 0 Å². The van der Waals surface area contributed by atoms with Crippen molar-refractivity contribution in [1.29, 1.82) is 0 Å². The number of fused-ring (bicyclic) bond motifs is 1. The van der Waals surface area contributed by atoms with Crippen LogP contribution in [0.3, 0.4) is 0 Å². The molecule has 1 aliphatic carbocycles. The topological polar surface area (TPSA) is 0 Å². The zero-order valence-electron chi connectivity index (χ0n) is 10.4. The van der Waals surface area contributed by atoms with Gasteiger partial charge in [0.2, 0.25) is 0 Å². The van der Waals surface area contributed by atoms with Gasteiger partial charge in [-0.25, -0.2) is 0 Å². The molecule has 0 nitrogen and oxygen atoms in total. The molecule has 0 radical (unpaired) electrons. The van der Waals surface area contributed by atoms with E-state index in [0.29, 0.717) is 0 Å². The molecule has 0 amide bonds. The summed E-state index contributed by atoms with van der Waals surface area (Å²) in [6.07, 6.45) is 7.04. The Morgan fingerprint density at radius 1 is 1.00 bits per heavy atom. The van der Waals surface area contributed by atoms with Crippen molar-refractivity contribution in [3.8, 4) is 0 Å². The van der Waals surface area contributed by atoms with E-state index >= 15 is 0 Å². The van der Waals surface area contributed by atoms with Crippen LogP contribution < -0.4 is 0 Å². The smallest absolute Gasteiger partial charge is 0.0253 e. The predicted molar refractivity (Wildman–Crippen MR) is 84.4 cm³/mol. The SMILES string of the molecule is Brc1cccc2cc(SC3CCCCC3)ccc12. The Bertz CT molecular complexity index is 544. The van der Waals surface area contributed by atoms with Crippen molar-refractivity contribution in [2.45, 2.75) is 42.2 Å². The number of benzene rings is 2. The first-order chi connectivity index (χ1) is 8.83. The average molecular weight is 321 g/mol. The molecule has 2 heteroatoms. The van der Waals surface area contributed by atoms with Gasteiger partial charge in [-0.2, -0.15) is 0 Å². The Balaban J connectivity index is 1.84. The molecule has 1 aliphatic rings.